The summed E-state index contributed by atoms with van der Waals surface area (Å²) < 4.78 is 29.7. The monoisotopic (exact) mass is 234 g/mol. The van der Waals surface area contributed by atoms with Gasteiger partial charge in [-0.05, 0) is 19.3 Å². The van der Waals surface area contributed by atoms with Crippen LogP contribution in [0.3, 0.4) is 0 Å². The molecule has 1 aliphatic rings. The van der Waals surface area contributed by atoms with Crippen LogP contribution in [-0.2, 0) is 9.53 Å². The molecule has 4 heteroatoms. The lowest BCUT2D eigenvalue weighted by molar-refractivity contribution is -0.150. The zero-order chi connectivity index (χ0) is 12.0. The molecule has 16 heavy (non-hydrogen) atoms. The van der Waals surface area contributed by atoms with Gasteiger partial charge in [0.25, 0.3) is 5.92 Å². The lowest BCUT2D eigenvalue weighted by Gasteiger charge is -2.21. The Bertz CT molecular complexity index is 218. The molecule has 0 N–H and O–H groups in total. The molecule has 0 aliphatic heterocycles. The number of alkyl halides is 2. The SMILES string of the molecule is CC(F)(F)CC(=O)OCCC1CCCCC1. The maximum absolute atomic E-state index is 12.5. The van der Waals surface area contributed by atoms with Crippen LogP contribution >= 0.6 is 0 Å². The molecule has 1 aliphatic carbocycles. The third-order valence-electron chi connectivity index (χ3n) is 2.97. The number of hydrogen-bond acceptors (Lipinski definition) is 2. The Morgan fingerprint density at radius 1 is 1.31 bits per heavy atom. The van der Waals surface area contributed by atoms with E-state index in [4.69, 9.17) is 4.74 Å². The molecule has 1 fully saturated rings. The molecule has 0 heterocycles. The van der Waals surface area contributed by atoms with Gasteiger partial charge in [-0.25, -0.2) is 8.78 Å². The zero-order valence-corrected chi connectivity index (χ0v) is 9.81. The van der Waals surface area contributed by atoms with Crippen molar-refractivity contribution in [3.63, 3.8) is 0 Å². The molecule has 0 atom stereocenters. The molecule has 0 aromatic rings. The maximum atomic E-state index is 12.5. The summed E-state index contributed by atoms with van der Waals surface area (Å²) in [6.07, 6.45) is 6.15. The van der Waals surface area contributed by atoms with E-state index in [1.165, 1.54) is 32.1 Å². The Kier molecular flexibility index (Phi) is 5.16. The standard InChI is InChI=1S/C12H20F2O2/c1-12(13,14)9-11(15)16-8-7-10-5-3-2-4-6-10/h10H,2-9H2,1H3. The molecule has 1 rings (SSSR count). The Labute approximate surface area is 95.4 Å². The molecule has 94 valence electrons. The average Bonchev–Trinajstić information content (AvgIpc) is 2.16. The van der Waals surface area contributed by atoms with Crippen LogP contribution in [0.5, 0.6) is 0 Å². The van der Waals surface area contributed by atoms with Crippen molar-refractivity contribution in [3.05, 3.63) is 0 Å². The Morgan fingerprint density at radius 3 is 2.50 bits per heavy atom. The second-order valence-electron chi connectivity index (χ2n) is 4.76. The van der Waals surface area contributed by atoms with E-state index in [0.29, 0.717) is 12.5 Å². The van der Waals surface area contributed by atoms with E-state index in [1.54, 1.807) is 0 Å². The summed E-state index contributed by atoms with van der Waals surface area (Å²) in [5.74, 6) is -3.13. The molecule has 1 saturated carbocycles. The van der Waals surface area contributed by atoms with Crippen molar-refractivity contribution in [1.82, 2.24) is 0 Å². The van der Waals surface area contributed by atoms with Gasteiger partial charge in [0.1, 0.15) is 6.42 Å². The summed E-state index contributed by atoms with van der Waals surface area (Å²) in [7, 11) is 0. The Balaban J connectivity index is 2.08. The van der Waals surface area contributed by atoms with Gasteiger partial charge in [0.2, 0.25) is 0 Å². The fraction of sp³-hybridized carbons (Fsp3) is 0.917. The van der Waals surface area contributed by atoms with Gasteiger partial charge in [0.15, 0.2) is 0 Å². The van der Waals surface area contributed by atoms with Gasteiger partial charge in [0.05, 0.1) is 6.61 Å². The first-order valence-electron chi connectivity index (χ1n) is 6.01. The van der Waals surface area contributed by atoms with E-state index in [2.05, 4.69) is 0 Å². The molecular formula is C12H20F2O2. The summed E-state index contributed by atoms with van der Waals surface area (Å²) in [5, 5.41) is 0. The molecule has 0 bridgehead atoms. The Morgan fingerprint density at radius 2 is 1.94 bits per heavy atom. The van der Waals surface area contributed by atoms with Crippen molar-refractivity contribution in [3.8, 4) is 0 Å². The molecule has 0 amide bonds. The minimum atomic E-state index is -2.96. The van der Waals surface area contributed by atoms with Crippen molar-refractivity contribution >= 4 is 5.97 Å². The molecule has 0 unspecified atom stereocenters. The third kappa shape index (κ3) is 6.03. The van der Waals surface area contributed by atoms with E-state index in [-0.39, 0.29) is 0 Å². The lowest BCUT2D eigenvalue weighted by atomic mass is 9.87. The number of halogens is 2. The summed E-state index contributed by atoms with van der Waals surface area (Å²) in [6.45, 7) is 1.02. The van der Waals surface area contributed by atoms with Crippen molar-refractivity contribution in [2.45, 2.75) is 57.8 Å². The third-order valence-corrected chi connectivity index (χ3v) is 2.97. The van der Waals surface area contributed by atoms with Crippen molar-refractivity contribution in [1.29, 1.82) is 0 Å². The van der Waals surface area contributed by atoms with Crippen LogP contribution in [0.2, 0.25) is 0 Å². The molecule has 0 saturated heterocycles. The van der Waals surface area contributed by atoms with Crippen molar-refractivity contribution in [2.24, 2.45) is 5.92 Å². The van der Waals surface area contributed by atoms with Crippen LogP contribution < -0.4 is 0 Å². The number of esters is 1. The van der Waals surface area contributed by atoms with Gasteiger partial charge in [-0.2, -0.15) is 0 Å². The summed E-state index contributed by atoms with van der Waals surface area (Å²) in [6, 6.07) is 0. The normalized spacial score (nSPS) is 18.4. The molecular weight excluding hydrogens is 214 g/mol. The van der Waals surface area contributed by atoms with E-state index in [0.717, 1.165) is 13.3 Å². The molecule has 0 aromatic heterocycles. The second-order valence-corrected chi connectivity index (χ2v) is 4.76. The topological polar surface area (TPSA) is 26.3 Å². The smallest absolute Gasteiger partial charge is 0.311 e. The lowest BCUT2D eigenvalue weighted by Crippen LogP contribution is -2.19. The summed E-state index contributed by atoms with van der Waals surface area (Å²) in [5.41, 5.74) is 0. The molecule has 2 nitrogen and oxygen atoms in total. The van der Waals surface area contributed by atoms with Gasteiger partial charge >= 0.3 is 5.97 Å². The quantitative estimate of drug-likeness (QED) is 0.680. The number of rotatable bonds is 5. The highest BCUT2D eigenvalue weighted by Gasteiger charge is 2.26. The second kappa shape index (κ2) is 6.16. The highest BCUT2D eigenvalue weighted by molar-refractivity contribution is 5.70. The van der Waals surface area contributed by atoms with Gasteiger partial charge in [-0.3, -0.25) is 4.79 Å². The first-order chi connectivity index (χ1) is 7.47. The van der Waals surface area contributed by atoms with Crippen LogP contribution in [0.4, 0.5) is 8.78 Å². The molecule has 0 spiro atoms. The minimum absolute atomic E-state index is 0.291. The fourth-order valence-corrected chi connectivity index (χ4v) is 2.12. The number of ether oxygens (including phenoxy) is 1. The highest BCUT2D eigenvalue weighted by atomic mass is 19.3. The van der Waals surface area contributed by atoms with E-state index in [9.17, 15) is 13.6 Å². The molecule has 0 aromatic carbocycles. The fourth-order valence-electron chi connectivity index (χ4n) is 2.12. The van der Waals surface area contributed by atoms with Crippen LogP contribution in [0.1, 0.15) is 51.9 Å². The van der Waals surface area contributed by atoms with Crippen LogP contribution in [0.25, 0.3) is 0 Å². The number of carbonyl (C=O) groups excluding carboxylic acids is 1. The molecule has 0 radical (unpaired) electrons. The van der Waals surface area contributed by atoms with Gasteiger partial charge in [-0.1, -0.05) is 32.1 Å². The largest absolute Gasteiger partial charge is 0.466 e. The van der Waals surface area contributed by atoms with Crippen LogP contribution in [0, 0.1) is 5.92 Å². The summed E-state index contributed by atoms with van der Waals surface area (Å²) in [4.78, 5) is 11.0. The van der Waals surface area contributed by atoms with Crippen molar-refractivity contribution < 1.29 is 18.3 Å². The average molecular weight is 234 g/mol. The first kappa shape index (κ1) is 13.4. The van der Waals surface area contributed by atoms with E-state index >= 15 is 0 Å². The number of carbonyl (C=O) groups is 1. The van der Waals surface area contributed by atoms with Gasteiger partial charge in [-0.15, -0.1) is 0 Å². The first-order valence-corrected chi connectivity index (χ1v) is 6.01. The summed E-state index contributed by atoms with van der Waals surface area (Å²) >= 11 is 0. The minimum Gasteiger partial charge on any atom is -0.466 e. The van der Waals surface area contributed by atoms with Gasteiger partial charge in [0, 0.05) is 0 Å². The highest BCUT2D eigenvalue weighted by Crippen LogP contribution is 2.26. The van der Waals surface area contributed by atoms with Crippen LogP contribution in [0.15, 0.2) is 0 Å². The van der Waals surface area contributed by atoms with E-state index in [1.807, 2.05) is 0 Å². The zero-order valence-electron chi connectivity index (χ0n) is 9.81. The predicted octanol–water partition coefficient (Wildman–Crippen LogP) is 3.55. The van der Waals surface area contributed by atoms with Gasteiger partial charge < -0.3 is 4.74 Å². The van der Waals surface area contributed by atoms with E-state index < -0.39 is 18.3 Å². The van der Waals surface area contributed by atoms with Crippen molar-refractivity contribution in [2.75, 3.05) is 6.61 Å². The predicted molar refractivity (Wildman–Crippen MR) is 57.4 cm³/mol. The maximum Gasteiger partial charge on any atom is 0.311 e. The van der Waals surface area contributed by atoms with Crippen LogP contribution in [-0.4, -0.2) is 18.5 Å². The number of hydrogen-bond donors (Lipinski definition) is 0. The Hall–Kier alpha value is -0.670.